The van der Waals surface area contributed by atoms with Gasteiger partial charge in [-0.05, 0) is 18.0 Å². The lowest BCUT2D eigenvalue weighted by molar-refractivity contribution is 0.384. The molecule has 0 atom stereocenters. The summed E-state index contributed by atoms with van der Waals surface area (Å²) in [6.45, 7) is 7.91. The van der Waals surface area contributed by atoms with Crippen LogP contribution in [0.4, 0.5) is 0 Å². The van der Waals surface area contributed by atoms with E-state index in [2.05, 4.69) is 92.8 Å². The first kappa shape index (κ1) is 20.9. The first-order chi connectivity index (χ1) is 12.7. The molecule has 0 bridgehead atoms. The van der Waals surface area contributed by atoms with Crippen molar-refractivity contribution in [2.24, 2.45) is 0 Å². The minimum atomic E-state index is -1.69. The van der Waals surface area contributed by atoms with E-state index in [9.17, 15) is 0 Å². The highest BCUT2D eigenvalue weighted by atomic mass is 29.2. The summed E-state index contributed by atoms with van der Waals surface area (Å²) in [7, 11) is -2.75. The van der Waals surface area contributed by atoms with E-state index in [1.807, 2.05) is 0 Å². The average Bonchev–Trinajstić information content (AvgIpc) is 2.68. The maximum Gasteiger partial charge on any atom is 0.235 e. The molecule has 0 aliphatic heterocycles. The Morgan fingerprint density at radius 1 is 0.846 bits per heavy atom. The second-order valence-corrected chi connectivity index (χ2v) is 17.8. The normalized spacial score (nSPS) is 12.2. The summed E-state index contributed by atoms with van der Waals surface area (Å²) in [6, 6.07) is 21.9. The molecule has 0 aromatic heterocycles. The average molecular weight is 382 g/mol. The highest BCUT2D eigenvalue weighted by Crippen LogP contribution is 2.11. The molecule has 0 fully saturated rings. The highest BCUT2D eigenvalue weighted by Gasteiger charge is 2.38. The molecule has 26 heavy (non-hydrogen) atoms. The fourth-order valence-electron chi connectivity index (χ4n) is 3.21. The second kappa shape index (κ2) is 11.3. The van der Waals surface area contributed by atoms with E-state index < -0.39 is 16.1 Å². The Kier molecular flexibility index (Phi) is 9.09. The molecule has 139 valence electrons. The molecule has 0 unspecified atom stereocenters. The minimum Gasteiger partial charge on any atom is -0.411 e. The molecule has 0 saturated heterocycles. The van der Waals surface area contributed by atoms with E-state index in [1.54, 1.807) is 0 Å². The van der Waals surface area contributed by atoms with Crippen LogP contribution in [0.1, 0.15) is 39.0 Å². The van der Waals surface area contributed by atoms with Crippen molar-refractivity contribution in [3.05, 3.63) is 72.8 Å². The van der Waals surface area contributed by atoms with E-state index in [1.165, 1.54) is 42.5 Å². The molecule has 0 amide bonds. The van der Waals surface area contributed by atoms with E-state index in [0.717, 1.165) is 6.61 Å². The fraction of sp³-hybridized carbons (Fsp3) is 0.391. The van der Waals surface area contributed by atoms with Crippen LogP contribution in [0.2, 0.25) is 13.1 Å². The number of hydrogen-bond donors (Lipinski definition) is 0. The third-order valence-corrected chi connectivity index (χ3v) is 14.6. The van der Waals surface area contributed by atoms with Gasteiger partial charge >= 0.3 is 0 Å². The lowest BCUT2D eigenvalue weighted by Gasteiger charge is -2.30. The molecule has 0 saturated carbocycles. The molecule has 2 rings (SSSR count). The summed E-state index contributed by atoms with van der Waals surface area (Å²) < 4.78 is 6.55. The van der Waals surface area contributed by atoms with Gasteiger partial charge in [-0.3, -0.25) is 0 Å². The Balaban J connectivity index is 2.03. The van der Waals surface area contributed by atoms with Gasteiger partial charge in [0.05, 0.1) is 6.61 Å². The summed E-state index contributed by atoms with van der Waals surface area (Å²) in [5.41, 5.74) is 0. The monoisotopic (exact) mass is 381 g/mol. The number of rotatable bonds is 11. The van der Waals surface area contributed by atoms with Crippen LogP contribution in [-0.4, -0.2) is 22.8 Å². The van der Waals surface area contributed by atoms with Gasteiger partial charge in [0.1, 0.15) is 7.59 Å². The minimum absolute atomic E-state index is 0.736. The van der Waals surface area contributed by atoms with Crippen molar-refractivity contribution in [1.29, 1.82) is 0 Å². The summed E-state index contributed by atoms with van der Waals surface area (Å²) in [6.07, 6.45) is 11.0. The van der Waals surface area contributed by atoms with Gasteiger partial charge in [-0.15, -0.1) is 0 Å². The van der Waals surface area contributed by atoms with Crippen LogP contribution in [0.3, 0.4) is 0 Å². The molecule has 0 aliphatic rings. The molecule has 1 radical (unpaired) electrons. The van der Waals surface area contributed by atoms with Gasteiger partial charge in [0, 0.05) is 0 Å². The molecular weight excluding hydrogens is 348 g/mol. The third kappa shape index (κ3) is 6.38. The van der Waals surface area contributed by atoms with Crippen LogP contribution in [0.25, 0.3) is 0 Å². The van der Waals surface area contributed by atoms with Crippen molar-refractivity contribution in [3.8, 4) is 0 Å². The Morgan fingerprint density at radius 2 is 1.50 bits per heavy atom. The first-order valence-corrected chi connectivity index (χ1v) is 15.3. The Labute approximate surface area is 162 Å². The van der Waals surface area contributed by atoms with E-state index in [-0.39, 0.29) is 0 Å². The number of allylic oxidation sites excluding steroid dienone is 1. The number of hydrogen-bond acceptors (Lipinski definition) is 1. The number of benzene rings is 2. The standard InChI is InChI=1S/C23H33OSi2/c1-4-5-6-7-8-9-16-21-24-25(22-17-12-10-13-18-22)26(2,3)23-19-14-11-15-20-23/h9-20H,4-8,21H2,1-3H3/b16-9+. The lowest BCUT2D eigenvalue weighted by Crippen LogP contribution is -2.63. The zero-order chi connectivity index (χ0) is 18.7. The SMILES string of the molecule is CCCCCC/C=C/CO[Si](c1ccccc1)[Si](C)(C)c1ccccc1. The van der Waals surface area contributed by atoms with Crippen LogP contribution >= 0.6 is 0 Å². The van der Waals surface area contributed by atoms with Crippen molar-refractivity contribution in [1.82, 2.24) is 0 Å². The van der Waals surface area contributed by atoms with E-state index in [0.29, 0.717) is 0 Å². The van der Waals surface area contributed by atoms with Gasteiger partial charge in [-0.1, -0.05) is 117 Å². The summed E-state index contributed by atoms with van der Waals surface area (Å²) >= 11 is 0. The molecule has 1 nitrogen and oxygen atoms in total. The van der Waals surface area contributed by atoms with Crippen LogP contribution < -0.4 is 10.4 Å². The van der Waals surface area contributed by atoms with Crippen molar-refractivity contribution in [2.75, 3.05) is 6.61 Å². The van der Waals surface area contributed by atoms with Crippen LogP contribution in [-0.2, 0) is 4.43 Å². The van der Waals surface area contributed by atoms with Crippen molar-refractivity contribution >= 4 is 26.5 Å². The molecule has 0 heterocycles. The second-order valence-electron chi connectivity index (χ2n) is 7.32. The van der Waals surface area contributed by atoms with Gasteiger partial charge < -0.3 is 4.43 Å². The zero-order valence-electron chi connectivity index (χ0n) is 16.6. The van der Waals surface area contributed by atoms with E-state index >= 15 is 0 Å². The molecule has 2 aromatic carbocycles. The van der Waals surface area contributed by atoms with Crippen molar-refractivity contribution in [3.63, 3.8) is 0 Å². The quantitative estimate of drug-likeness (QED) is 0.298. The maximum atomic E-state index is 6.55. The van der Waals surface area contributed by atoms with Gasteiger partial charge in [0.2, 0.25) is 8.56 Å². The molecule has 0 N–H and O–H groups in total. The molecule has 3 heteroatoms. The largest absolute Gasteiger partial charge is 0.411 e. The van der Waals surface area contributed by atoms with Gasteiger partial charge in [-0.2, -0.15) is 0 Å². The first-order valence-electron chi connectivity index (χ1n) is 9.92. The van der Waals surface area contributed by atoms with Crippen LogP contribution in [0.5, 0.6) is 0 Å². The van der Waals surface area contributed by atoms with Gasteiger partial charge in [0.25, 0.3) is 0 Å². The molecule has 2 aromatic rings. The zero-order valence-corrected chi connectivity index (χ0v) is 18.6. The Morgan fingerprint density at radius 3 is 2.15 bits per heavy atom. The Hall–Kier alpha value is -1.43. The lowest BCUT2D eigenvalue weighted by atomic mass is 10.1. The topological polar surface area (TPSA) is 9.23 Å². The predicted molar refractivity (Wildman–Crippen MR) is 119 cm³/mol. The smallest absolute Gasteiger partial charge is 0.235 e. The molecular formula is C23H33OSi2. The number of unbranched alkanes of at least 4 members (excludes halogenated alkanes) is 4. The van der Waals surface area contributed by atoms with Gasteiger partial charge in [0.15, 0.2) is 0 Å². The third-order valence-electron chi connectivity index (χ3n) is 4.81. The maximum absolute atomic E-state index is 6.55. The Bertz CT molecular complexity index is 638. The van der Waals surface area contributed by atoms with Gasteiger partial charge in [-0.25, -0.2) is 0 Å². The predicted octanol–water partition coefficient (Wildman–Crippen LogP) is 5.12. The molecule has 0 spiro atoms. The van der Waals surface area contributed by atoms with E-state index in [4.69, 9.17) is 4.43 Å². The summed E-state index contributed by atoms with van der Waals surface area (Å²) in [5, 5.41) is 2.88. The van der Waals surface area contributed by atoms with Crippen molar-refractivity contribution < 1.29 is 4.43 Å². The van der Waals surface area contributed by atoms with Crippen LogP contribution in [0, 0.1) is 0 Å². The van der Waals surface area contributed by atoms with Crippen LogP contribution in [0.15, 0.2) is 72.8 Å². The summed E-state index contributed by atoms with van der Waals surface area (Å²) in [5.74, 6) is 0. The highest BCUT2D eigenvalue weighted by molar-refractivity contribution is 7.39. The summed E-state index contributed by atoms with van der Waals surface area (Å²) in [4.78, 5) is 0. The fourth-order valence-corrected chi connectivity index (χ4v) is 11.8. The van der Waals surface area contributed by atoms with Crippen molar-refractivity contribution in [2.45, 2.75) is 52.1 Å². The molecule has 0 aliphatic carbocycles.